The molecule has 35 heavy (non-hydrogen) atoms. The van der Waals surface area contributed by atoms with Crippen LogP contribution in [0, 0.1) is 6.92 Å². The second-order valence-electron chi connectivity index (χ2n) is 7.97. The van der Waals surface area contributed by atoms with Gasteiger partial charge in [-0.05, 0) is 49.2 Å². The topological polar surface area (TPSA) is 90.9 Å². The highest BCUT2D eigenvalue weighted by Gasteiger charge is 2.38. The van der Waals surface area contributed by atoms with E-state index in [1.165, 1.54) is 11.4 Å². The molecule has 0 fully saturated rings. The smallest absolute Gasteiger partial charge is 0.241 e. The van der Waals surface area contributed by atoms with Crippen LogP contribution in [-0.2, 0) is 21.3 Å². The molecule has 3 rings (SSSR count). The molecule has 3 aromatic rings. The predicted octanol–water partition coefficient (Wildman–Crippen LogP) is 4.47. The number of anilines is 1. The summed E-state index contributed by atoms with van der Waals surface area (Å²) in [7, 11) is -0.850. The minimum absolute atomic E-state index is 0.104. The van der Waals surface area contributed by atoms with Gasteiger partial charge in [0.25, 0.3) is 0 Å². The minimum atomic E-state index is -3.97. The Hall–Kier alpha value is -3.43. The van der Waals surface area contributed by atoms with Crippen LogP contribution in [0.25, 0.3) is 0 Å². The Labute approximate surface area is 207 Å². The van der Waals surface area contributed by atoms with Crippen molar-refractivity contribution in [2.75, 3.05) is 25.1 Å². The van der Waals surface area contributed by atoms with E-state index in [0.717, 1.165) is 11.1 Å². The van der Waals surface area contributed by atoms with Crippen molar-refractivity contribution in [3.63, 3.8) is 0 Å². The van der Waals surface area contributed by atoms with Gasteiger partial charge in [0, 0.05) is 18.5 Å². The molecule has 0 aliphatic carbocycles. The van der Waals surface area contributed by atoms with Crippen LogP contribution in [0.4, 0.5) is 5.69 Å². The van der Waals surface area contributed by atoms with Gasteiger partial charge < -0.3 is 14.2 Å². The molecule has 2 aromatic carbocycles. The van der Waals surface area contributed by atoms with Gasteiger partial charge in [-0.3, -0.25) is 4.31 Å². The van der Waals surface area contributed by atoms with Crippen molar-refractivity contribution >= 4 is 15.7 Å². The Bertz CT molecular complexity index is 1210. The molecule has 0 bridgehead atoms. The van der Waals surface area contributed by atoms with Crippen molar-refractivity contribution in [3.05, 3.63) is 90.5 Å². The fourth-order valence-electron chi connectivity index (χ4n) is 3.49. The zero-order valence-corrected chi connectivity index (χ0v) is 21.2. The lowest BCUT2D eigenvalue weighted by atomic mass is 10.2. The molecule has 0 saturated heterocycles. The Kier molecular flexibility index (Phi) is 8.84. The summed E-state index contributed by atoms with van der Waals surface area (Å²) in [5.41, 5.74) is 2.13. The first kappa shape index (κ1) is 26.2. The van der Waals surface area contributed by atoms with E-state index in [9.17, 15) is 8.42 Å². The molecule has 0 amide bonds. The highest BCUT2D eigenvalue weighted by molar-refractivity contribution is 7.93. The molecule has 1 aromatic heterocycles. The molecule has 0 aliphatic heterocycles. The van der Waals surface area contributed by atoms with E-state index in [4.69, 9.17) is 14.2 Å². The highest BCUT2D eigenvalue weighted by atomic mass is 32.2. The number of sulfonamides is 1. The number of rotatable bonds is 12. The van der Waals surface area contributed by atoms with Crippen LogP contribution in [-0.4, -0.2) is 44.5 Å². The summed E-state index contributed by atoms with van der Waals surface area (Å²) in [6.45, 7) is 7.41. The second kappa shape index (κ2) is 11.8. The Balaban J connectivity index is 2.05. The van der Waals surface area contributed by atoms with Gasteiger partial charge in [0.15, 0.2) is 5.82 Å². The normalized spacial score (nSPS) is 13.0. The number of hydrogen-bond donors (Lipinski definition) is 0. The fourth-order valence-corrected chi connectivity index (χ4v) is 5.14. The Morgan fingerprint density at radius 2 is 1.69 bits per heavy atom. The quantitative estimate of drug-likeness (QED) is 0.341. The summed E-state index contributed by atoms with van der Waals surface area (Å²) < 4.78 is 46.0. The average Bonchev–Trinajstić information content (AvgIpc) is 2.88. The summed E-state index contributed by atoms with van der Waals surface area (Å²) >= 11 is 0. The van der Waals surface area contributed by atoms with Gasteiger partial charge in [0.1, 0.15) is 22.9 Å². The molecule has 1 heterocycles. The van der Waals surface area contributed by atoms with E-state index in [0.29, 0.717) is 23.0 Å². The molecule has 2 atom stereocenters. The van der Waals surface area contributed by atoms with Crippen LogP contribution in [0.3, 0.4) is 0 Å². The largest absolute Gasteiger partial charge is 0.497 e. The van der Waals surface area contributed by atoms with Crippen LogP contribution in [0.2, 0.25) is 0 Å². The maximum Gasteiger partial charge on any atom is 0.241 e. The SMILES string of the molecule is C=CCO[C@H](c1ncc(C)cn1)[C@@H](C)S(=O)(=O)N(Cc1ccc(OC)cc1)c1cccc(OC)c1. The van der Waals surface area contributed by atoms with Crippen molar-refractivity contribution in [1.29, 1.82) is 0 Å². The number of methoxy groups -OCH3 is 2. The number of benzene rings is 2. The van der Waals surface area contributed by atoms with Gasteiger partial charge in [0.2, 0.25) is 10.0 Å². The molecule has 0 radical (unpaired) electrons. The van der Waals surface area contributed by atoms with Crippen molar-refractivity contribution in [1.82, 2.24) is 9.97 Å². The van der Waals surface area contributed by atoms with Crippen molar-refractivity contribution in [2.45, 2.75) is 31.7 Å². The molecule has 0 spiro atoms. The van der Waals surface area contributed by atoms with E-state index in [1.54, 1.807) is 68.9 Å². The van der Waals surface area contributed by atoms with Crippen LogP contribution in [0.15, 0.2) is 73.6 Å². The zero-order chi connectivity index (χ0) is 25.4. The number of aromatic nitrogens is 2. The highest BCUT2D eigenvalue weighted by Crippen LogP contribution is 2.32. The summed E-state index contributed by atoms with van der Waals surface area (Å²) in [6.07, 6.45) is 3.95. The maximum atomic E-state index is 14.1. The first-order valence-corrected chi connectivity index (χ1v) is 12.6. The third kappa shape index (κ3) is 6.37. The number of hydrogen-bond acceptors (Lipinski definition) is 7. The van der Waals surface area contributed by atoms with E-state index in [1.807, 2.05) is 19.1 Å². The molecule has 0 unspecified atom stereocenters. The fraction of sp³-hybridized carbons (Fsp3) is 0.308. The maximum absolute atomic E-state index is 14.1. The molecule has 0 saturated carbocycles. The number of nitrogens with zero attached hydrogens (tertiary/aromatic N) is 3. The molecule has 8 nitrogen and oxygen atoms in total. The average molecular weight is 498 g/mol. The lowest BCUT2D eigenvalue weighted by Crippen LogP contribution is -2.41. The van der Waals surface area contributed by atoms with E-state index in [-0.39, 0.29) is 13.2 Å². The van der Waals surface area contributed by atoms with Crippen molar-refractivity contribution in [2.24, 2.45) is 0 Å². The first-order valence-electron chi connectivity index (χ1n) is 11.1. The van der Waals surface area contributed by atoms with E-state index in [2.05, 4.69) is 16.5 Å². The van der Waals surface area contributed by atoms with Crippen LogP contribution >= 0.6 is 0 Å². The summed E-state index contributed by atoms with van der Waals surface area (Å²) in [5.74, 6) is 1.53. The molecular weight excluding hydrogens is 466 g/mol. The summed E-state index contributed by atoms with van der Waals surface area (Å²) in [4.78, 5) is 8.68. The second-order valence-corrected chi connectivity index (χ2v) is 10.2. The van der Waals surface area contributed by atoms with Crippen LogP contribution in [0.1, 0.15) is 30.0 Å². The van der Waals surface area contributed by atoms with Gasteiger partial charge in [-0.2, -0.15) is 0 Å². The molecule has 0 aliphatic rings. The van der Waals surface area contributed by atoms with Crippen LogP contribution < -0.4 is 13.8 Å². The molecule has 186 valence electrons. The van der Waals surface area contributed by atoms with Crippen molar-refractivity contribution < 1.29 is 22.6 Å². The third-order valence-corrected chi connectivity index (χ3v) is 7.62. The predicted molar refractivity (Wildman–Crippen MR) is 136 cm³/mol. The Morgan fingerprint density at radius 1 is 1.03 bits per heavy atom. The summed E-state index contributed by atoms with van der Waals surface area (Å²) in [5, 5.41) is -1.00. The molecule has 9 heteroatoms. The Morgan fingerprint density at radius 3 is 2.29 bits per heavy atom. The standard InChI is InChI=1S/C26H31N3O5S/c1-6-14-34-25(26-27-16-19(2)17-28-26)20(3)35(30,31)29(22-8-7-9-24(15-22)33-5)18-21-10-12-23(32-4)13-11-21/h6-13,15-17,20,25H,1,14,18H2,2-5H3/t20-,25+/m1/s1. The zero-order valence-electron chi connectivity index (χ0n) is 20.4. The van der Waals surface area contributed by atoms with Crippen LogP contribution in [0.5, 0.6) is 11.5 Å². The van der Waals surface area contributed by atoms with Gasteiger partial charge in [-0.15, -0.1) is 6.58 Å². The van der Waals surface area contributed by atoms with Gasteiger partial charge >= 0.3 is 0 Å². The monoisotopic (exact) mass is 497 g/mol. The number of ether oxygens (including phenoxy) is 3. The van der Waals surface area contributed by atoms with Gasteiger partial charge in [-0.25, -0.2) is 18.4 Å². The number of aryl methyl sites for hydroxylation is 1. The van der Waals surface area contributed by atoms with Gasteiger partial charge in [0.05, 0.1) is 33.1 Å². The lowest BCUT2D eigenvalue weighted by molar-refractivity contribution is 0.0668. The lowest BCUT2D eigenvalue weighted by Gasteiger charge is -2.31. The third-order valence-electron chi connectivity index (χ3n) is 5.48. The van der Waals surface area contributed by atoms with Crippen molar-refractivity contribution in [3.8, 4) is 11.5 Å². The molecule has 0 N–H and O–H groups in total. The van der Waals surface area contributed by atoms with Gasteiger partial charge in [-0.1, -0.05) is 24.3 Å². The van der Waals surface area contributed by atoms with E-state index < -0.39 is 21.4 Å². The van der Waals surface area contributed by atoms with E-state index >= 15 is 0 Å². The first-order chi connectivity index (χ1) is 16.8. The summed E-state index contributed by atoms with van der Waals surface area (Å²) in [6, 6.07) is 14.2. The molecular formula is C26H31N3O5S. The minimum Gasteiger partial charge on any atom is -0.497 e.